The molecule has 0 saturated carbocycles. The molecule has 0 radical (unpaired) electrons. The van der Waals surface area contributed by atoms with Gasteiger partial charge in [0.1, 0.15) is 24.0 Å². The first-order valence-corrected chi connectivity index (χ1v) is 8.85. The zero-order valence-electron chi connectivity index (χ0n) is 16.4. The topological polar surface area (TPSA) is 84.9 Å². The van der Waals surface area contributed by atoms with E-state index in [1.54, 1.807) is 59.0 Å². The molecular formula is C20H26N2O5. The van der Waals surface area contributed by atoms with Crippen LogP contribution in [0.2, 0.25) is 0 Å². The van der Waals surface area contributed by atoms with E-state index in [4.69, 9.17) is 9.47 Å². The molecule has 7 heteroatoms. The predicted molar refractivity (Wildman–Crippen MR) is 103 cm³/mol. The van der Waals surface area contributed by atoms with E-state index in [1.165, 1.54) is 11.0 Å². The van der Waals surface area contributed by atoms with Gasteiger partial charge in [0.05, 0.1) is 5.69 Å². The lowest BCUT2D eigenvalue weighted by molar-refractivity contribution is -0.120. The predicted octanol–water partition coefficient (Wildman–Crippen LogP) is 2.93. The minimum Gasteiger partial charge on any atom is -0.489 e. The molecule has 7 nitrogen and oxygen atoms in total. The molecule has 1 aromatic rings. The fourth-order valence-electron chi connectivity index (χ4n) is 2.48. The first-order chi connectivity index (χ1) is 12.6. The highest BCUT2D eigenvalue weighted by atomic mass is 16.6. The number of benzene rings is 1. The summed E-state index contributed by atoms with van der Waals surface area (Å²) in [5.74, 6) is 0.232. The smallest absolute Gasteiger partial charge is 0.408 e. The van der Waals surface area contributed by atoms with Crippen molar-refractivity contribution in [3.8, 4) is 5.75 Å². The lowest BCUT2D eigenvalue weighted by Crippen LogP contribution is -2.50. The van der Waals surface area contributed by atoms with Gasteiger partial charge in [0.15, 0.2) is 5.78 Å². The van der Waals surface area contributed by atoms with Crippen molar-refractivity contribution in [2.75, 3.05) is 18.6 Å². The number of amides is 2. The highest BCUT2D eigenvalue weighted by molar-refractivity contribution is 6.00. The molecule has 1 aliphatic rings. The Kier molecular flexibility index (Phi) is 6.25. The average molecular weight is 374 g/mol. The SMILES string of the molecule is CCC(=O)/C=C/c1ccc2c(c1)N(C)C(=O)[C@@H](NC(=O)OC(C)(C)C)CO2. The molecule has 0 saturated heterocycles. The number of fused-ring (bicyclic) bond motifs is 1. The lowest BCUT2D eigenvalue weighted by Gasteiger charge is -2.23. The molecule has 2 amide bonds. The number of ketones is 1. The van der Waals surface area contributed by atoms with Crippen molar-refractivity contribution in [2.24, 2.45) is 0 Å². The molecule has 1 N–H and O–H groups in total. The molecule has 0 spiro atoms. The summed E-state index contributed by atoms with van der Waals surface area (Å²) in [6.45, 7) is 7.04. The Morgan fingerprint density at radius 2 is 2.07 bits per heavy atom. The van der Waals surface area contributed by atoms with E-state index in [0.29, 0.717) is 17.9 Å². The Morgan fingerprint density at radius 1 is 1.37 bits per heavy atom. The normalized spacial score (nSPS) is 17.1. The van der Waals surface area contributed by atoms with Crippen molar-refractivity contribution < 1.29 is 23.9 Å². The van der Waals surface area contributed by atoms with Crippen LogP contribution in [0.5, 0.6) is 5.75 Å². The molecule has 0 bridgehead atoms. The first kappa shape index (κ1) is 20.5. The second-order valence-corrected chi connectivity index (χ2v) is 7.29. The van der Waals surface area contributed by atoms with Gasteiger partial charge in [-0.1, -0.05) is 19.1 Å². The number of nitrogens with one attached hydrogen (secondary N) is 1. The van der Waals surface area contributed by atoms with Gasteiger partial charge in [0.25, 0.3) is 5.91 Å². The lowest BCUT2D eigenvalue weighted by atomic mass is 10.1. The summed E-state index contributed by atoms with van der Waals surface area (Å²) in [7, 11) is 1.62. The van der Waals surface area contributed by atoms with Crippen molar-refractivity contribution in [2.45, 2.75) is 45.8 Å². The number of allylic oxidation sites excluding steroid dienone is 1. The third-order valence-corrected chi connectivity index (χ3v) is 3.88. The highest BCUT2D eigenvalue weighted by Crippen LogP contribution is 2.32. The van der Waals surface area contributed by atoms with Gasteiger partial charge < -0.3 is 19.7 Å². The van der Waals surface area contributed by atoms with E-state index in [0.717, 1.165) is 5.56 Å². The average Bonchev–Trinajstić information content (AvgIpc) is 2.70. The Labute approximate surface area is 159 Å². The zero-order valence-corrected chi connectivity index (χ0v) is 16.4. The van der Waals surface area contributed by atoms with E-state index in [2.05, 4.69) is 5.32 Å². The number of ether oxygens (including phenoxy) is 2. The van der Waals surface area contributed by atoms with Crippen LogP contribution < -0.4 is 15.0 Å². The molecule has 0 unspecified atom stereocenters. The van der Waals surface area contributed by atoms with Crippen molar-refractivity contribution in [3.05, 3.63) is 29.8 Å². The van der Waals surface area contributed by atoms with Gasteiger partial charge in [-0.2, -0.15) is 0 Å². The second kappa shape index (κ2) is 8.24. The highest BCUT2D eigenvalue weighted by Gasteiger charge is 2.31. The number of rotatable bonds is 4. The fraction of sp³-hybridized carbons (Fsp3) is 0.450. The maximum Gasteiger partial charge on any atom is 0.408 e. The van der Waals surface area contributed by atoms with Crippen LogP contribution in [0.15, 0.2) is 24.3 Å². The third-order valence-electron chi connectivity index (χ3n) is 3.88. The van der Waals surface area contributed by atoms with Gasteiger partial charge in [0.2, 0.25) is 0 Å². The van der Waals surface area contributed by atoms with Crippen molar-refractivity contribution in [1.82, 2.24) is 5.32 Å². The Balaban J connectivity index is 2.18. The second-order valence-electron chi connectivity index (χ2n) is 7.29. The maximum absolute atomic E-state index is 12.7. The number of nitrogens with zero attached hydrogens (tertiary/aromatic N) is 1. The van der Waals surface area contributed by atoms with Gasteiger partial charge in [-0.15, -0.1) is 0 Å². The Bertz CT molecular complexity index is 764. The van der Waals surface area contributed by atoms with Crippen molar-refractivity contribution in [3.63, 3.8) is 0 Å². The monoisotopic (exact) mass is 374 g/mol. The standard InChI is InChI=1S/C20H26N2O5/c1-6-14(23)9-7-13-8-10-17-16(11-13)22(5)18(24)15(12-26-17)21-19(25)27-20(2,3)4/h7-11,15H,6,12H2,1-5H3,(H,21,25)/b9-7+/t15-/m0/s1. The van der Waals surface area contributed by atoms with Crippen LogP contribution in [0.3, 0.4) is 0 Å². The van der Waals surface area contributed by atoms with Gasteiger partial charge in [0, 0.05) is 13.5 Å². The minimum absolute atomic E-state index is 0.00107. The van der Waals surface area contributed by atoms with Crippen LogP contribution in [-0.4, -0.2) is 43.1 Å². The summed E-state index contributed by atoms with van der Waals surface area (Å²) in [6, 6.07) is 4.45. The maximum atomic E-state index is 12.7. The molecule has 0 fully saturated rings. The van der Waals surface area contributed by atoms with Crippen LogP contribution in [0, 0.1) is 0 Å². The number of hydrogen-bond donors (Lipinski definition) is 1. The third kappa shape index (κ3) is 5.57. The van der Waals surface area contributed by atoms with Crippen LogP contribution in [0.4, 0.5) is 10.5 Å². The Morgan fingerprint density at radius 3 is 2.70 bits per heavy atom. The molecule has 27 heavy (non-hydrogen) atoms. The molecular weight excluding hydrogens is 348 g/mol. The van der Waals surface area contributed by atoms with Gasteiger partial charge >= 0.3 is 6.09 Å². The molecule has 1 heterocycles. The number of carbonyl (C=O) groups is 3. The number of likely N-dealkylation sites (N-methyl/N-ethyl adjacent to an activating group) is 1. The summed E-state index contributed by atoms with van der Waals surface area (Å²) in [6.07, 6.45) is 2.96. The molecule has 2 rings (SSSR count). The molecule has 1 atom stereocenters. The number of anilines is 1. The molecule has 1 aliphatic heterocycles. The van der Waals surface area contributed by atoms with Crippen molar-refractivity contribution >= 4 is 29.5 Å². The van der Waals surface area contributed by atoms with Gasteiger partial charge in [-0.05, 0) is 44.5 Å². The largest absolute Gasteiger partial charge is 0.489 e. The van der Waals surface area contributed by atoms with Crippen LogP contribution in [0.1, 0.15) is 39.7 Å². The van der Waals surface area contributed by atoms with E-state index in [1.807, 2.05) is 0 Å². The summed E-state index contributed by atoms with van der Waals surface area (Å²) >= 11 is 0. The number of hydrogen-bond acceptors (Lipinski definition) is 5. The van der Waals surface area contributed by atoms with E-state index in [9.17, 15) is 14.4 Å². The van der Waals surface area contributed by atoms with Crippen LogP contribution >= 0.6 is 0 Å². The van der Waals surface area contributed by atoms with E-state index < -0.39 is 17.7 Å². The summed E-state index contributed by atoms with van der Waals surface area (Å²) in [5, 5.41) is 2.56. The van der Waals surface area contributed by atoms with Crippen LogP contribution in [-0.2, 0) is 14.3 Å². The molecule has 0 aromatic heterocycles. The van der Waals surface area contributed by atoms with Crippen molar-refractivity contribution in [1.29, 1.82) is 0 Å². The number of carbonyl (C=O) groups excluding carboxylic acids is 3. The molecule has 0 aliphatic carbocycles. The summed E-state index contributed by atoms with van der Waals surface area (Å²) in [5.41, 5.74) is 0.682. The van der Waals surface area contributed by atoms with E-state index >= 15 is 0 Å². The first-order valence-electron chi connectivity index (χ1n) is 8.85. The summed E-state index contributed by atoms with van der Waals surface area (Å²) < 4.78 is 10.9. The summed E-state index contributed by atoms with van der Waals surface area (Å²) in [4.78, 5) is 37.6. The van der Waals surface area contributed by atoms with Gasteiger partial charge in [-0.25, -0.2) is 4.79 Å². The Hall–Kier alpha value is -2.83. The zero-order chi connectivity index (χ0) is 20.2. The quantitative estimate of drug-likeness (QED) is 0.819. The molecule has 146 valence electrons. The molecule has 1 aromatic carbocycles. The fourth-order valence-corrected chi connectivity index (χ4v) is 2.48. The van der Waals surface area contributed by atoms with Crippen LogP contribution in [0.25, 0.3) is 6.08 Å². The minimum atomic E-state index is -0.863. The van der Waals surface area contributed by atoms with E-state index in [-0.39, 0.29) is 18.3 Å². The van der Waals surface area contributed by atoms with Gasteiger partial charge in [-0.3, -0.25) is 9.59 Å². The number of alkyl carbamates (subject to hydrolysis) is 1.